The molecule has 1 amide bonds. The predicted octanol–water partition coefficient (Wildman–Crippen LogP) is 1.89. The lowest BCUT2D eigenvalue weighted by molar-refractivity contribution is 0.0662. The number of nitrogens with zero attached hydrogens (tertiary/aromatic N) is 2. The van der Waals surface area contributed by atoms with Crippen molar-refractivity contribution < 1.29 is 4.79 Å². The van der Waals surface area contributed by atoms with Gasteiger partial charge in [0.05, 0.1) is 10.6 Å². The number of carbonyl (C=O) groups excluding carboxylic acids is 1. The lowest BCUT2D eigenvalue weighted by Gasteiger charge is -2.32. The maximum absolute atomic E-state index is 12.1. The van der Waals surface area contributed by atoms with Gasteiger partial charge in [-0.05, 0) is 25.2 Å². The summed E-state index contributed by atoms with van der Waals surface area (Å²) < 4.78 is 0. The number of hydrogen-bond donors (Lipinski definition) is 1. The van der Waals surface area contributed by atoms with E-state index in [1.165, 1.54) is 0 Å². The number of piperazine rings is 1. The number of benzene rings is 1. The van der Waals surface area contributed by atoms with E-state index in [0.29, 0.717) is 15.6 Å². The molecule has 0 radical (unpaired) electrons. The van der Waals surface area contributed by atoms with E-state index < -0.39 is 0 Å². The van der Waals surface area contributed by atoms with Crippen LogP contribution in [0, 0.1) is 0 Å². The first-order chi connectivity index (χ1) is 8.56. The molecule has 1 aromatic carbocycles. The fraction of sp³-hybridized carbons (Fsp3) is 0.417. The van der Waals surface area contributed by atoms with Crippen LogP contribution >= 0.6 is 23.2 Å². The van der Waals surface area contributed by atoms with Crippen molar-refractivity contribution in [1.29, 1.82) is 0 Å². The molecule has 18 heavy (non-hydrogen) atoms. The molecule has 0 spiro atoms. The molecule has 1 aliphatic heterocycles. The summed E-state index contributed by atoms with van der Waals surface area (Å²) in [6.07, 6.45) is 0. The maximum atomic E-state index is 12.1. The van der Waals surface area contributed by atoms with Crippen LogP contribution in [0.4, 0.5) is 0 Å². The van der Waals surface area contributed by atoms with Gasteiger partial charge in [-0.1, -0.05) is 23.2 Å². The smallest absolute Gasteiger partial charge is 0.267 e. The van der Waals surface area contributed by atoms with E-state index in [9.17, 15) is 4.79 Å². The molecule has 4 nitrogen and oxygen atoms in total. The molecule has 0 aromatic heterocycles. The molecule has 98 valence electrons. The van der Waals surface area contributed by atoms with E-state index in [1.807, 2.05) is 5.01 Å². The third-order valence-electron chi connectivity index (χ3n) is 2.94. The van der Waals surface area contributed by atoms with Crippen LogP contribution in [0.1, 0.15) is 10.4 Å². The van der Waals surface area contributed by atoms with Gasteiger partial charge in [0.15, 0.2) is 0 Å². The largest absolute Gasteiger partial charge is 0.304 e. The molecule has 1 fully saturated rings. The molecule has 0 aliphatic carbocycles. The molecule has 0 atom stereocenters. The zero-order chi connectivity index (χ0) is 13.1. The van der Waals surface area contributed by atoms with E-state index in [1.54, 1.807) is 18.2 Å². The van der Waals surface area contributed by atoms with Crippen LogP contribution in [0.2, 0.25) is 10.0 Å². The molecular weight excluding hydrogens is 273 g/mol. The summed E-state index contributed by atoms with van der Waals surface area (Å²) >= 11 is 11.8. The van der Waals surface area contributed by atoms with Crippen molar-refractivity contribution in [2.24, 2.45) is 0 Å². The van der Waals surface area contributed by atoms with Crippen LogP contribution in [0.5, 0.6) is 0 Å². The third-order valence-corrected chi connectivity index (χ3v) is 3.50. The Bertz CT molecular complexity index is 445. The second-order valence-corrected chi connectivity index (χ2v) is 5.20. The van der Waals surface area contributed by atoms with Crippen molar-refractivity contribution in [1.82, 2.24) is 15.3 Å². The average Bonchev–Trinajstić information content (AvgIpc) is 2.35. The lowest BCUT2D eigenvalue weighted by atomic mass is 10.2. The fourth-order valence-electron chi connectivity index (χ4n) is 1.79. The number of hydrogen-bond acceptors (Lipinski definition) is 3. The van der Waals surface area contributed by atoms with Crippen molar-refractivity contribution in [3.05, 3.63) is 33.8 Å². The van der Waals surface area contributed by atoms with Crippen LogP contribution in [0.15, 0.2) is 18.2 Å². The topological polar surface area (TPSA) is 35.6 Å². The number of rotatable bonds is 2. The van der Waals surface area contributed by atoms with Crippen LogP contribution in [-0.4, -0.2) is 49.0 Å². The van der Waals surface area contributed by atoms with Crippen LogP contribution < -0.4 is 5.43 Å². The molecule has 1 aliphatic rings. The Morgan fingerprint density at radius 1 is 1.22 bits per heavy atom. The monoisotopic (exact) mass is 287 g/mol. The zero-order valence-corrected chi connectivity index (χ0v) is 11.6. The first-order valence-electron chi connectivity index (χ1n) is 5.76. The second-order valence-electron chi connectivity index (χ2n) is 4.36. The summed E-state index contributed by atoms with van der Waals surface area (Å²) in [6, 6.07) is 4.87. The van der Waals surface area contributed by atoms with Crippen molar-refractivity contribution >= 4 is 29.1 Å². The first-order valence-corrected chi connectivity index (χ1v) is 6.51. The zero-order valence-electron chi connectivity index (χ0n) is 10.1. The van der Waals surface area contributed by atoms with Gasteiger partial charge in [-0.2, -0.15) is 0 Å². The Morgan fingerprint density at radius 3 is 2.56 bits per heavy atom. The molecule has 0 unspecified atom stereocenters. The van der Waals surface area contributed by atoms with Crippen LogP contribution in [0.25, 0.3) is 0 Å². The molecule has 1 saturated heterocycles. The molecule has 6 heteroatoms. The quantitative estimate of drug-likeness (QED) is 0.902. The molecule has 0 bridgehead atoms. The Labute approximate surface area is 116 Å². The van der Waals surface area contributed by atoms with Gasteiger partial charge < -0.3 is 4.90 Å². The van der Waals surface area contributed by atoms with Gasteiger partial charge in [-0.15, -0.1) is 0 Å². The summed E-state index contributed by atoms with van der Waals surface area (Å²) in [5.41, 5.74) is 3.25. The Kier molecular flexibility index (Phi) is 4.45. The highest BCUT2D eigenvalue weighted by Crippen LogP contribution is 2.20. The predicted molar refractivity (Wildman–Crippen MR) is 73.0 cm³/mol. The van der Waals surface area contributed by atoms with E-state index in [-0.39, 0.29) is 5.91 Å². The summed E-state index contributed by atoms with van der Waals surface area (Å²) in [7, 11) is 2.06. The van der Waals surface area contributed by atoms with Crippen LogP contribution in [0.3, 0.4) is 0 Å². The normalized spacial score (nSPS) is 17.7. The molecule has 1 aromatic rings. The number of carbonyl (C=O) groups is 1. The summed E-state index contributed by atoms with van der Waals surface area (Å²) in [5, 5.41) is 2.81. The Balaban J connectivity index is 2.01. The van der Waals surface area contributed by atoms with E-state index in [0.717, 1.165) is 26.2 Å². The van der Waals surface area contributed by atoms with Gasteiger partial charge in [-0.25, -0.2) is 5.01 Å². The Hall–Kier alpha value is -0.810. The third kappa shape index (κ3) is 3.36. The number of hydrazine groups is 1. The van der Waals surface area contributed by atoms with E-state index >= 15 is 0 Å². The molecule has 1 heterocycles. The van der Waals surface area contributed by atoms with E-state index in [2.05, 4.69) is 17.4 Å². The molecular formula is C12H15Cl2N3O. The van der Waals surface area contributed by atoms with Gasteiger partial charge in [0.2, 0.25) is 0 Å². The van der Waals surface area contributed by atoms with Crippen LogP contribution in [-0.2, 0) is 0 Å². The number of amides is 1. The maximum Gasteiger partial charge on any atom is 0.267 e. The van der Waals surface area contributed by atoms with Gasteiger partial charge in [0, 0.05) is 31.2 Å². The summed E-state index contributed by atoms with van der Waals surface area (Å²) in [6.45, 7) is 3.48. The van der Waals surface area contributed by atoms with E-state index in [4.69, 9.17) is 23.2 Å². The second kappa shape index (κ2) is 5.89. The fourth-order valence-corrected chi connectivity index (χ4v) is 2.17. The molecule has 2 rings (SSSR count). The lowest BCUT2D eigenvalue weighted by Crippen LogP contribution is -2.52. The minimum atomic E-state index is -0.216. The van der Waals surface area contributed by atoms with Gasteiger partial charge in [0.1, 0.15) is 0 Å². The van der Waals surface area contributed by atoms with Gasteiger partial charge >= 0.3 is 0 Å². The van der Waals surface area contributed by atoms with Gasteiger partial charge in [0.25, 0.3) is 5.91 Å². The van der Waals surface area contributed by atoms with Crippen molar-refractivity contribution in [2.75, 3.05) is 33.2 Å². The molecule has 1 N–H and O–H groups in total. The standard InChI is InChI=1S/C12H15Cl2N3O/c1-16-4-6-17(7-5-16)15-12(18)10-8-9(13)2-3-11(10)14/h2-3,8H,4-7H2,1H3,(H,15,18). The Morgan fingerprint density at radius 2 is 1.89 bits per heavy atom. The number of halogens is 2. The van der Waals surface area contributed by atoms with Gasteiger partial charge in [-0.3, -0.25) is 10.2 Å². The van der Waals surface area contributed by atoms with Crippen molar-refractivity contribution in [3.8, 4) is 0 Å². The minimum Gasteiger partial charge on any atom is -0.304 e. The average molecular weight is 288 g/mol. The van der Waals surface area contributed by atoms with Crippen molar-refractivity contribution in [2.45, 2.75) is 0 Å². The number of likely N-dealkylation sites (N-methyl/N-ethyl adjacent to an activating group) is 1. The highest BCUT2D eigenvalue weighted by Gasteiger charge is 2.18. The SMILES string of the molecule is CN1CCN(NC(=O)c2cc(Cl)ccc2Cl)CC1. The minimum absolute atomic E-state index is 0.216. The van der Waals surface area contributed by atoms with Crippen molar-refractivity contribution in [3.63, 3.8) is 0 Å². The molecule has 0 saturated carbocycles. The highest BCUT2D eigenvalue weighted by molar-refractivity contribution is 6.35. The number of nitrogens with one attached hydrogen (secondary N) is 1. The summed E-state index contributed by atoms with van der Waals surface area (Å²) in [5.74, 6) is -0.216. The first kappa shape index (κ1) is 13.6. The highest BCUT2D eigenvalue weighted by atomic mass is 35.5. The summed E-state index contributed by atoms with van der Waals surface area (Å²) in [4.78, 5) is 14.3.